The summed E-state index contributed by atoms with van der Waals surface area (Å²) >= 11 is 0. The minimum absolute atomic E-state index is 0.0308. The molecule has 0 saturated heterocycles. The average molecular weight is 911 g/mol. The van der Waals surface area contributed by atoms with Crippen LogP contribution < -0.4 is 4.90 Å². The van der Waals surface area contributed by atoms with Crippen molar-refractivity contribution in [1.82, 2.24) is 4.57 Å². The first-order chi connectivity index (χ1) is 33.2. The van der Waals surface area contributed by atoms with Gasteiger partial charge >= 0.3 is 0 Å². The second kappa shape index (κ2) is 16.2. The molecule has 0 saturated carbocycles. The normalized spacial score (nSPS) is 12.9. The van der Waals surface area contributed by atoms with Gasteiger partial charge in [-0.25, -0.2) is 0 Å². The van der Waals surface area contributed by atoms with E-state index in [0.29, 0.717) is 0 Å². The van der Waals surface area contributed by atoms with E-state index in [0.717, 1.165) is 17.1 Å². The zero-order valence-corrected chi connectivity index (χ0v) is 43.2. The summed E-state index contributed by atoms with van der Waals surface area (Å²) in [7, 11) is 0. The predicted octanol–water partition coefficient (Wildman–Crippen LogP) is 19.7. The Morgan fingerprint density at radius 2 is 0.743 bits per heavy atom. The van der Waals surface area contributed by atoms with Crippen LogP contribution in [0.2, 0.25) is 0 Å². The molecule has 0 aliphatic carbocycles. The van der Waals surface area contributed by atoms with Gasteiger partial charge in [0.15, 0.2) is 0 Å². The van der Waals surface area contributed by atoms with Crippen molar-refractivity contribution < 1.29 is 0 Å². The van der Waals surface area contributed by atoms with Gasteiger partial charge < -0.3 is 9.47 Å². The highest BCUT2D eigenvalue weighted by Gasteiger charge is 2.25. The third kappa shape index (κ3) is 7.83. The molecule has 0 radical (unpaired) electrons. The molecular weight excluding hydrogens is 845 g/mol. The molecule has 2 nitrogen and oxygen atoms in total. The number of hydrogen-bond donors (Lipinski definition) is 0. The van der Waals surface area contributed by atoms with Crippen LogP contribution in [0.4, 0.5) is 17.1 Å². The lowest BCUT2D eigenvalue weighted by molar-refractivity contribution is 0.569. The van der Waals surface area contributed by atoms with Gasteiger partial charge in [0.1, 0.15) is 0 Å². The molecule has 0 atom stereocenters. The molecule has 1 aromatic heterocycles. The topological polar surface area (TPSA) is 8.17 Å². The molecule has 0 amide bonds. The van der Waals surface area contributed by atoms with Gasteiger partial charge in [0.05, 0.1) is 22.4 Å². The second-order valence-corrected chi connectivity index (χ2v) is 24.0. The van der Waals surface area contributed by atoms with E-state index in [1.807, 2.05) is 0 Å². The molecule has 11 aromatic rings. The highest BCUT2D eigenvalue weighted by Crippen LogP contribution is 2.47. The molecule has 0 spiro atoms. The van der Waals surface area contributed by atoms with Crippen molar-refractivity contribution in [3.8, 4) is 27.9 Å². The molecule has 0 fully saturated rings. The molecule has 2 heteroatoms. The third-order valence-electron chi connectivity index (χ3n) is 15.0. The highest BCUT2D eigenvalue weighted by molar-refractivity contribution is 6.27. The number of rotatable bonds is 6. The fraction of sp³-hybridized carbons (Fsp3) is 0.235. The van der Waals surface area contributed by atoms with Crippen molar-refractivity contribution >= 4 is 71.2 Å². The molecule has 0 unspecified atom stereocenters. The maximum absolute atomic E-state index is 2.53. The number of anilines is 3. The summed E-state index contributed by atoms with van der Waals surface area (Å²) in [5.41, 5.74) is 17.5. The largest absolute Gasteiger partial charge is 0.310 e. The standard InChI is InChI=1S/C68H66N2/c1-65(2,3)49-26-36-61-57(41-49)58-42-50(66(4,5)6)27-37-62(58)70(61)60-35-25-47-22-32-55-59(34-24-46-23-33-56(60)64(47)63(46)55)69(53-28-18-44(19-29-53)43-16-14-13-15-17-43)54-30-20-45(21-31-54)48-38-51(67(7,8)9)40-52(39-48)68(10,11)12/h13-42H,1-12H3. The van der Waals surface area contributed by atoms with E-state index in [1.54, 1.807) is 0 Å². The van der Waals surface area contributed by atoms with E-state index in [2.05, 4.69) is 275 Å². The maximum atomic E-state index is 2.53. The van der Waals surface area contributed by atoms with E-state index in [9.17, 15) is 0 Å². The summed E-state index contributed by atoms with van der Waals surface area (Å²) < 4.78 is 2.53. The maximum Gasteiger partial charge on any atom is 0.0541 e. The van der Waals surface area contributed by atoms with Gasteiger partial charge in [0, 0.05) is 32.9 Å². The van der Waals surface area contributed by atoms with Crippen molar-refractivity contribution in [1.29, 1.82) is 0 Å². The van der Waals surface area contributed by atoms with Gasteiger partial charge in [-0.15, -0.1) is 0 Å². The predicted molar refractivity (Wildman–Crippen MR) is 305 cm³/mol. The molecular formula is C68H66N2. The number of hydrogen-bond acceptors (Lipinski definition) is 1. The SMILES string of the molecule is CC(C)(C)c1cc(-c2ccc(N(c3ccc(-c4ccccc4)cc3)c3ccc4ccc5c(-n6c7ccc(C(C)(C)C)cc7c7cc(C(C)(C)C)ccc76)ccc6ccc3c4c65)cc2)cc(C(C)(C)C)c1. The van der Waals surface area contributed by atoms with E-state index < -0.39 is 0 Å². The average Bonchev–Trinajstić information content (AvgIpc) is 3.66. The first kappa shape index (κ1) is 45.3. The number of nitrogens with zero attached hydrogens (tertiary/aromatic N) is 2. The van der Waals surface area contributed by atoms with Crippen LogP contribution in [0.25, 0.3) is 82.1 Å². The molecule has 1 heterocycles. The van der Waals surface area contributed by atoms with Crippen LogP contribution in [0.1, 0.15) is 105 Å². The molecule has 0 aliphatic rings. The minimum Gasteiger partial charge on any atom is -0.310 e. The van der Waals surface area contributed by atoms with Gasteiger partial charge in [0.25, 0.3) is 0 Å². The first-order valence-corrected chi connectivity index (χ1v) is 25.2. The fourth-order valence-electron chi connectivity index (χ4n) is 10.7. The van der Waals surface area contributed by atoms with Crippen molar-refractivity contribution in [2.24, 2.45) is 0 Å². The highest BCUT2D eigenvalue weighted by atomic mass is 15.1. The van der Waals surface area contributed by atoms with E-state index >= 15 is 0 Å². The Morgan fingerprint density at radius 1 is 0.314 bits per heavy atom. The third-order valence-corrected chi connectivity index (χ3v) is 15.0. The summed E-state index contributed by atoms with van der Waals surface area (Å²) in [6.07, 6.45) is 0. The first-order valence-electron chi connectivity index (χ1n) is 25.2. The second-order valence-electron chi connectivity index (χ2n) is 24.0. The summed E-state index contributed by atoms with van der Waals surface area (Å²) in [5.74, 6) is 0. The lowest BCUT2D eigenvalue weighted by Crippen LogP contribution is -2.16. The van der Waals surface area contributed by atoms with Crippen LogP contribution >= 0.6 is 0 Å². The Labute approximate surface area is 415 Å². The smallest absolute Gasteiger partial charge is 0.0541 e. The van der Waals surface area contributed by atoms with E-state index in [1.165, 1.54) is 104 Å². The molecule has 11 rings (SSSR count). The lowest BCUT2D eigenvalue weighted by atomic mass is 9.79. The van der Waals surface area contributed by atoms with Crippen LogP contribution in [0, 0.1) is 0 Å². The minimum atomic E-state index is 0.0308. The van der Waals surface area contributed by atoms with Gasteiger partial charge in [-0.1, -0.05) is 204 Å². The van der Waals surface area contributed by atoms with Crippen LogP contribution in [0.15, 0.2) is 182 Å². The van der Waals surface area contributed by atoms with Crippen molar-refractivity contribution in [3.05, 3.63) is 204 Å². The van der Waals surface area contributed by atoms with Crippen molar-refractivity contribution in [3.63, 3.8) is 0 Å². The Bertz CT molecular complexity index is 3660. The molecule has 0 N–H and O–H groups in total. The lowest BCUT2D eigenvalue weighted by Gasteiger charge is -2.28. The van der Waals surface area contributed by atoms with E-state index in [4.69, 9.17) is 0 Å². The number of fused-ring (bicyclic) bond motifs is 3. The Hall–Kier alpha value is -7.16. The zero-order chi connectivity index (χ0) is 49.1. The molecule has 70 heavy (non-hydrogen) atoms. The quantitative estimate of drug-likeness (QED) is 0.151. The summed E-state index contributed by atoms with van der Waals surface area (Å²) in [5, 5.41) is 10.2. The van der Waals surface area contributed by atoms with Gasteiger partial charge in [-0.3, -0.25) is 0 Å². The van der Waals surface area contributed by atoms with Gasteiger partial charge in [-0.05, 0) is 148 Å². The van der Waals surface area contributed by atoms with Crippen molar-refractivity contribution in [2.75, 3.05) is 4.90 Å². The Balaban J connectivity index is 1.11. The Morgan fingerprint density at radius 3 is 1.24 bits per heavy atom. The van der Waals surface area contributed by atoms with Crippen molar-refractivity contribution in [2.45, 2.75) is 105 Å². The summed E-state index contributed by atoms with van der Waals surface area (Å²) in [6, 6.07) is 69.3. The molecule has 0 aliphatic heterocycles. The summed E-state index contributed by atoms with van der Waals surface area (Å²) in [4.78, 5) is 2.46. The van der Waals surface area contributed by atoms with Crippen LogP contribution in [0.3, 0.4) is 0 Å². The van der Waals surface area contributed by atoms with Gasteiger partial charge in [-0.2, -0.15) is 0 Å². The fourth-order valence-corrected chi connectivity index (χ4v) is 10.7. The van der Waals surface area contributed by atoms with E-state index in [-0.39, 0.29) is 21.7 Å². The monoisotopic (exact) mass is 911 g/mol. The molecule has 348 valence electrons. The van der Waals surface area contributed by atoms with Crippen LogP contribution in [0.5, 0.6) is 0 Å². The number of aromatic nitrogens is 1. The van der Waals surface area contributed by atoms with Crippen LogP contribution in [-0.2, 0) is 21.7 Å². The zero-order valence-electron chi connectivity index (χ0n) is 43.2. The van der Waals surface area contributed by atoms with Crippen LogP contribution in [-0.4, -0.2) is 4.57 Å². The van der Waals surface area contributed by atoms with Gasteiger partial charge in [0.2, 0.25) is 0 Å². The molecule has 10 aromatic carbocycles. The summed E-state index contributed by atoms with van der Waals surface area (Å²) in [6.45, 7) is 27.8. The molecule has 0 bridgehead atoms. The Kier molecular flexibility index (Phi) is 10.5. The number of benzene rings is 10.